The fourth-order valence-corrected chi connectivity index (χ4v) is 4.99. The van der Waals surface area contributed by atoms with Gasteiger partial charge in [0.15, 0.2) is 17.0 Å². The van der Waals surface area contributed by atoms with Crippen LogP contribution in [-0.4, -0.2) is 84.8 Å². The van der Waals surface area contributed by atoms with E-state index in [2.05, 4.69) is 54.0 Å². The van der Waals surface area contributed by atoms with Gasteiger partial charge in [-0.1, -0.05) is 19.8 Å². The van der Waals surface area contributed by atoms with E-state index in [9.17, 15) is 5.11 Å². The highest BCUT2D eigenvalue weighted by atomic mass is 16.3. The Morgan fingerprint density at radius 2 is 1.83 bits per heavy atom. The van der Waals surface area contributed by atoms with E-state index in [1.165, 1.54) is 12.8 Å². The van der Waals surface area contributed by atoms with Crippen molar-refractivity contribution in [2.75, 3.05) is 49.9 Å². The third-order valence-electron chi connectivity index (χ3n) is 7.08. The molecule has 5 rings (SSSR count). The van der Waals surface area contributed by atoms with Gasteiger partial charge in [0.2, 0.25) is 5.95 Å². The van der Waals surface area contributed by atoms with Crippen LogP contribution in [0, 0.1) is 0 Å². The number of rotatable bonds is 9. The van der Waals surface area contributed by atoms with Crippen LogP contribution < -0.4 is 10.6 Å². The number of aromatic nitrogens is 5. The number of hydrogen-bond acceptors (Lipinski definition) is 9. The van der Waals surface area contributed by atoms with E-state index < -0.39 is 6.10 Å². The summed E-state index contributed by atoms with van der Waals surface area (Å²) in [6.45, 7) is 10.8. The Labute approximate surface area is 206 Å². The number of aliphatic hydroxyl groups is 1. The van der Waals surface area contributed by atoms with E-state index in [1.54, 1.807) is 6.92 Å². The van der Waals surface area contributed by atoms with E-state index in [0.717, 1.165) is 74.7 Å². The molecule has 188 valence electrons. The minimum Gasteiger partial charge on any atom is -0.392 e. The van der Waals surface area contributed by atoms with Gasteiger partial charge in [0, 0.05) is 45.3 Å². The molecule has 0 spiro atoms. The Kier molecular flexibility index (Phi) is 7.40. The molecule has 1 atom stereocenters. The molecule has 2 aliphatic rings. The van der Waals surface area contributed by atoms with Crippen molar-refractivity contribution in [3.8, 4) is 0 Å². The fourth-order valence-electron chi connectivity index (χ4n) is 4.99. The third kappa shape index (κ3) is 5.71. The van der Waals surface area contributed by atoms with Crippen molar-refractivity contribution in [2.24, 2.45) is 0 Å². The summed E-state index contributed by atoms with van der Waals surface area (Å²) in [5.74, 6) is 1.13. The quantitative estimate of drug-likeness (QED) is 0.427. The minimum atomic E-state index is -0.493. The predicted molar refractivity (Wildman–Crippen MR) is 138 cm³/mol. The Morgan fingerprint density at radius 1 is 1.06 bits per heavy atom. The van der Waals surface area contributed by atoms with Crippen LogP contribution in [-0.2, 0) is 6.54 Å². The van der Waals surface area contributed by atoms with Crippen LogP contribution in [0.2, 0.25) is 0 Å². The third-order valence-corrected chi connectivity index (χ3v) is 7.08. The zero-order valence-electron chi connectivity index (χ0n) is 20.8. The molecule has 0 radical (unpaired) electrons. The summed E-state index contributed by atoms with van der Waals surface area (Å²) in [6, 6.07) is 4.55. The van der Waals surface area contributed by atoms with Crippen LogP contribution in [0.3, 0.4) is 0 Å². The molecule has 1 saturated heterocycles. The number of anilines is 3. The second-order valence-corrected chi connectivity index (χ2v) is 9.76. The van der Waals surface area contributed by atoms with E-state index in [1.807, 2.05) is 12.5 Å². The van der Waals surface area contributed by atoms with Crippen LogP contribution >= 0.6 is 0 Å². The summed E-state index contributed by atoms with van der Waals surface area (Å²) in [6.07, 6.45) is 8.02. The zero-order valence-corrected chi connectivity index (χ0v) is 20.8. The number of nitrogens with zero attached hydrogens (tertiary/aromatic N) is 7. The molecule has 2 fully saturated rings. The van der Waals surface area contributed by atoms with Gasteiger partial charge >= 0.3 is 0 Å². The molecule has 10 nitrogen and oxygen atoms in total. The van der Waals surface area contributed by atoms with Crippen LogP contribution in [0.25, 0.3) is 11.2 Å². The van der Waals surface area contributed by atoms with Crippen LogP contribution in [0.15, 0.2) is 24.7 Å². The van der Waals surface area contributed by atoms with Crippen LogP contribution in [0.1, 0.15) is 51.3 Å². The van der Waals surface area contributed by atoms with Crippen molar-refractivity contribution in [3.63, 3.8) is 0 Å². The maximum atomic E-state index is 9.72. The van der Waals surface area contributed by atoms with Gasteiger partial charge in [0.25, 0.3) is 0 Å². The van der Waals surface area contributed by atoms with Crippen LogP contribution in [0.4, 0.5) is 17.5 Å². The number of pyridine rings is 1. The Bertz CT molecular complexity index is 1100. The van der Waals surface area contributed by atoms with Crippen molar-refractivity contribution in [1.29, 1.82) is 0 Å². The summed E-state index contributed by atoms with van der Waals surface area (Å²) < 4.78 is 2.18. The monoisotopic (exact) mass is 479 g/mol. The van der Waals surface area contributed by atoms with E-state index in [4.69, 9.17) is 9.97 Å². The van der Waals surface area contributed by atoms with E-state index in [0.29, 0.717) is 24.4 Å². The lowest BCUT2D eigenvalue weighted by molar-refractivity contribution is 0.131. The zero-order chi connectivity index (χ0) is 24.2. The molecule has 10 heteroatoms. The molecule has 35 heavy (non-hydrogen) atoms. The first-order chi connectivity index (χ1) is 17.1. The lowest BCUT2D eigenvalue weighted by Gasteiger charge is -2.33. The van der Waals surface area contributed by atoms with E-state index in [-0.39, 0.29) is 0 Å². The number of nitrogens with one attached hydrogen (secondary N) is 2. The normalized spacial score (nSPS) is 18.8. The summed E-state index contributed by atoms with van der Waals surface area (Å²) in [5, 5.41) is 16.3. The molecular formula is C25H37N9O. The van der Waals surface area contributed by atoms with Gasteiger partial charge in [-0.2, -0.15) is 9.97 Å². The molecule has 1 aliphatic carbocycles. The molecule has 1 aliphatic heterocycles. The van der Waals surface area contributed by atoms with Crippen molar-refractivity contribution in [3.05, 3.63) is 30.4 Å². The van der Waals surface area contributed by atoms with Gasteiger partial charge in [0.1, 0.15) is 0 Å². The average Bonchev–Trinajstić information content (AvgIpc) is 3.54. The number of imidazole rings is 1. The van der Waals surface area contributed by atoms with Gasteiger partial charge in [0.05, 0.1) is 30.0 Å². The molecule has 1 saturated carbocycles. The lowest BCUT2D eigenvalue weighted by Crippen LogP contribution is -2.45. The van der Waals surface area contributed by atoms with Gasteiger partial charge in [-0.25, -0.2) is 4.98 Å². The average molecular weight is 480 g/mol. The molecule has 3 aromatic rings. The predicted octanol–water partition coefficient (Wildman–Crippen LogP) is 3.01. The molecular weight excluding hydrogens is 442 g/mol. The topological polar surface area (TPSA) is 107 Å². The Hall–Kier alpha value is -2.82. The maximum Gasteiger partial charge on any atom is 0.226 e. The smallest absolute Gasteiger partial charge is 0.226 e. The van der Waals surface area contributed by atoms with E-state index >= 15 is 0 Å². The first-order valence-corrected chi connectivity index (χ1v) is 12.9. The number of hydrogen-bond donors (Lipinski definition) is 3. The molecule has 0 bridgehead atoms. The second-order valence-electron chi connectivity index (χ2n) is 9.76. The summed E-state index contributed by atoms with van der Waals surface area (Å²) in [4.78, 5) is 23.7. The highest BCUT2D eigenvalue weighted by Crippen LogP contribution is 2.33. The number of fused-ring (bicyclic) bond motifs is 1. The number of piperazine rings is 1. The molecule has 4 heterocycles. The molecule has 3 aromatic heterocycles. The summed E-state index contributed by atoms with van der Waals surface area (Å²) in [5.41, 5.74) is 3.50. The lowest BCUT2D eigenvalue weighted by atomic mass is 10.2. The summed E-state index contributed by atoms with van der Waals surface area (Å²) in [7, 11) is 0. The Morgan fingerprint density at radius 3 is 2.51 bits per heavy atom. The molecule has 3 N–H and O–H groups in total. The van der Waals surface area contributed by atoms with Gasteiger partial charge in [-0.05, 0) is 38.4 Å². The second kappa shape index (κ2) is 10.8. The first kappa shape index (κ1) is 23.9. The molecule has 0 aromatic carbocycles. The van der Waals surface area contributed by atoms with Gasteiger partial charge in [-0.15, -0.1) is 0 Å². The highest BCUT2D eigenvalue weighted by Gasteiger charge is 2.22. The number of likely N-dealkylation sites (N-methyl/N-ethyl adjacent to an activating group) is 1. The van der Waals surface area contributed by atoms with Gasteiger partial charge in [-0.3, -0.25) is 9.88 Å². The standard InChI is InChI=1S/C25H37N9O/c1-3-32-10-12-33(13-11-32)16-20-9-8-19(15-26-20)29-23-22-24(31-25(30-23)27-14-18(2)35)34(17-28-22)21-6-4-5-7-21/h8-9,15,17-18,21,35H,3-7,10-14,16H2,1-2H3,(H2,27,29,30,31). The number of aliphatic hydroxyl groups excluding tert-OH is 1. The summed E-state index contributed by atoms with van der Waals surface area (Å²) >= 11 is 0. The van der Waals surface area contributed by atoms with Crippen molar-refractivity contribution in [2.45, 2.75) is 58.2 Å². The minimum absolute atomic E-state index is 0.380. The van der Waals surface area contributed by atoms with Crippen LogP contribution in [0.5, 0.6) is 0 Å². The Balaban J connectivity index is 1.33. The molecule has 0 amide bonds. The SMILES string of the molecule is CCN1CCN(Cc2ccc(Nc3nc(NCC(C)O)nc4c3ncn4C3CCCC3)cn2)CC1. The largest absolute Gasteiger partial charge is 0.392 e. The highest BCUT2D eigenvalue weighted by molar-refractivity contribution is 5.86. The first-order valence-electron chi connectivity index (χ1n) is 12.9. The van der Waals surface area contributed by atoms with Crippen molar-refractivity contribution in [1.82, 2.24) is 34.3 Å². The fraction of sp³-hybridized carbons (Fsp3) is 0.600. The van der Waals surface area contributed by atoms with Gasteiger partial charge < -0.3 is 25.2 Å². The van der Waals surface area contributed by atoms with Crippen molar-refractivity contribution >= 4 is 28.6 Å². The maximum absolute atomic E-state index is 9.72. The molecule has 1 unspecified atom stereocenters. The van der Waals surface area contributed by atoms with Crippen molar-refractivity contribution < 1.29 is 5.11 Å².